The molecular weight excluding hydrogens is 325 g/mol. The molecule has 0 saturated carbocycles. The van der Waals surface area contributed by atoms with Gasteiger partial charge in [0.15, 0.2) is 6.23 Å². The zero-order valence-corrected chi connectivity index (χ0v) is 13.0. The average Bonchev–Trinajstić information content (AvgIpc) is 2.54. The van der Waals surface area contributed by atoms with Gasteiger partial charge >= 0.3 is 12.1 Å². The molecule has 24 heavy (non-hydrogen) atoms. The van der Waals surface area contributed by atoms with Crippen LogP contribution < -0.4 is 5.32 Å². The summed E-state index contributed by atoms with van der Waals surface area (Å²) in [6.07, 6.45) is -5.19. The molecule has 0 spiro atoms. The first-order chi connectivity index (χ1) is 11.3. The first-order valence-corrected chi connectivity index (χ1v) is 7.76. The number of carbonyl (C=O) groups excluding carboxylic acids is 2. The van der Waals surface area contributed by atoms with Crippen molar-refractivity contribution in [1.29, 1.82) is 0 Å². The van der Waals surface area contributed by atoms with Gasteiger partial charge in [0.05, 0.1) is 6.04 Å². The molecule has 2 unspecified atom stereocenters. The summed E-state index contributed by atoms with van der Waals surface area (Å²) < 4.78 is 42.0. The van der Waals surface area contributed by atoms with E-state index in [0.717, 1.165) is 11.1 Å². The standard InChI is InChI=1S/C16H17F3N2O3/c1-2-9-4-3-5-10-8-11-13(24-15(23)16(17,18)19)20-6-7-21(11)14(22)12(9)10/h3-5,11,13,20H,2,6-8H2,1H3. The van der Waals surface area contributed by atoms with Crippen LogP contribution in [0.4, 0.5) is 13.2 Å². The SMILES string of the molecule is CCc1cccc2c1C(=O)N1CCNC(OC(=O)C(F)(F)F)C1C2. The van der Waals surface area contributed by atoms with Crippen molar-refractivity contribution in [2.75, 3.05) is 13.1 Å². The first-order valence-electron chi connectivity index (χ1n) is 7.76. The molecule has 1 amide bonds. The maximum Gasteiger partial charge on any atom is 0.490 e. The van der Waals surface area contributed by atoms with Crippen molar-refractivity contribution in [3.05, 3.63) is 34.9 Å². The predicted molar refractivity (Wildman–Crippen MR) is 78.3 cm³/mol. The summed E-state index contributed by atoms with van der Waals surface area (Å²) in [4.78, 5) is 25.4. The molecule has 2 aliphatic heterocycles. The molecule has 0 aromatic heterocycles. The monoisotopic (exact) mass is 342 g/mol. The van der Waals surface area contributed by atoms with Crippen molar-refractivity contribution in [2.24, 2.45) is 0 Å². The van der Waals surface area contributed by atoms with E-state index in [9.17, 15) is 22.8 Å². The molecule has 3 rings (SSSR count). The van der Waals surface area contributed by atoms with Crippen LogP contribution in [0.1, 0.15) is 28.4 Å². The quantitative estimate of drug-likeness (QED) is 0.831. The van der Waals surface area contributed by atoms with E-state index in [1.165, 1.54) is 4.90 Å². The summed E-state index contributed by atoms with van der Waals surface area (Å²) in [5, 5.41) is 2.76. The number of benzene rings is 1. The Kier molecular flexibility index (Phi) is 4.25. The number of carbonyl (C=O) groups is 2. The summed E-state index contributed by atoms with van der Waals surface area (Å²) in [7, 11) is 0. The zero-order chi connectivity index (χ0) is 17.5. The third-order valence-corrected chi connectivity index (χ3v) is 4.44. The highest BCUT2D eigenvalue weighted by Crippen LogP contribution is 2.30. The third-order valence-electron chi connectivity index (χ3n) is 4.44. The molecule has 1 aromatic rings. The van der Waals surface area contributed by atoms with E-state index in [1.54, 1.807) is 6.07 Å². The Bertz CT molecular complexity index is 675. The van der Waals surface area contributed by atoms with Crippen LogP contribution >= 0.6 is 0 Å². The van der Waals surface area contributed by atoms with Crippen LogP contribution in [0.3, 0.4) is 0 Å². The molecule has 0 aliphatic carbocycles. The molecule has 5 nitrogen and oxygen atoms in total. The smallest absolute Gasteiger partial charge is 0.438 e. The molecular formula is C16H17F3N2O3. The van der Waals surface area contributed by atoms with Gasteiger partial charge in [0.1, 0.15) is 0 Å². The Labute approximate surface area is 136 Å². The van der Waals surface area contributed by atoms with E-state index in [2.05, 4.69) is 10.1 Å². The van der Waals surface area contributed by atoms with Gasteiger partial charge in [-0.15, -0.1) is 0 Å². The lowest BCUT2D eigenvalue weighted by Crippen LogP contribution is -2.63. The van der Waals surface area contributed by atoms with E-state index in [0.29, 0.717) is 24.9 Å². The van der Waals surface area contributed by atoms with E-state index in [1.807, 2.05) is 19.1 Å². The van der Waals surface area contributed by atoms with Gasteiger partial charge in [-0.1, -0.05) is 25.1 Å². The number of ether oxygens (including phenoxy) is 1. The van der Waals surface area contributed by atoms with E-state index < -0.39 is 24.4 Å². The second-order valence-electron chi connectivity index (χ2n) is 5.85. The first kappa shape index (κ1) is 16.8. The lowest BCUT2D eigenvalue weighted by Gasteiger charge is -2.44. The molecule has 1 saturated heterocycles. The Hall–Kier alpha value is -2.09. The predicted octanol–water partition coefficient (Wildman–Crippen LogP) is 1.65. The Balaban J connectivity index is 1.90. The number of hydrogen-bond acceptors (Lipinski definition) is 4. The fourth-order valence-electron chi connectivity index (χ4n) is 3.33. The number of amides is 1. The number of nitrogens with one attached hydrogen (secondary N) is 1. The number of fused-ring (bicyclic) bond motifs is 2. The van der Waals surface area contributed by atoms with Crippen LogP contribution in [-0.4, -0.2) is 48.3 Å². The van der Waals surface area contributed by atoms with Gasteiger partial charge < -0.3 is 9.64 Å². The molecule has 8 heteroatoms. The number of alkyl halides is 3. The Morgan fingerprint density at radius 3 is 2.83 bits per heavy atom. The van der Waals surface area contributed by atoms with Gasteiger partial charge in [0.2, 0.25) is 0 Å². The van der Waals surface area contributed by atoms with E-state index >= 15 is 0 Å². The van der Waals surface area contributed by atoms with Gasteiger partial charge in [-0.25, -0.2) is 4.79 Å². The molecule has 1 aromatic carbocycles. The van der Waals surface area contributed by atoms with Crippen molar-refractivity contribution < 1.29 is 27.5 Å². The number of hydrogen-bond donors (Lipinski definition) is 1. The topological polar surface area (TPSA) is 58.6 Å². The summed E-state index contributed by atoms with van der Waals surface area (Å²) >= 11 is 0. The second kappa shape index (κ2) is 6.08. The van der Waals surface area contributed by atoms with Gasteiger partial charge in [-0.05, 0) is 24.0 Å². The molecule has 130 valence electrons. The van der Waals surface area contributed by atoms with Crippen LogP contribution in [0.5, 0.6) is 0 Å². The largest absolute Gasteiger partial charge is 0.490 e. The minimum absolute atomic E-state index is 0.215. The van der Waals surface area contributed by atoms with Gasteiger partial charge in [0, 0.05) is 18.7 Å². The number of halogens is 3. The van der Waals surface area contributed by atoms with Gasteiger partial charge in [0.25, 0.3) is 5.91 Å². The average molecular weight is 342 g/mol. The van der Waals surface area contributed by atoms with E-state index in [-0.39, 0.29) is 12.5 Å². The number of aryl methyl sites for hydroxylation is 1. The Morgan fingerprint density at radius 1 is 1.42 bits per heavy atom. The summed E-state index contributed by atoms with van der Waals surface area (Å²) in [6.45, 7) is 2.57. The normalized spacial score (nSPS) is 23.5. The van der Waals surface area contributed by atoms with Crippen molar-refractivity contribution in [3.63, 3.8) is 0 Å². The molecule has 0 radical (unpaired) electrons. The maximum atomic E-state index is 12.8. The lowest BCUT2D eigenvalue weighted by atomic mass is 9.87. The highest BCUT2D eigenvalue weighted by Gasteiger charge is 2.47. The number of rotatable bonds is 2. The van der Waals surface area contributed by atoms with Gasteiger partial charge in [-0.3, -0.25) is 10.1 Å². The molecule has 1 fully saturated rings. The van der Waals surface area contributed by atoms with Crippen LogP contribution in [-0.2, 0) is 22.4 Å². The van der Waals surface area contributed by atoms with Crippen molar-refractivity contribution in [3.8, 4) is 0 Å². The van der Waals surface area contributed by atoms with E-state index in [4.69, 9.17) is 0 Å². The Morgan fingerprint density at radius 2 is 2.17 bits per heavy atom. The van der Waals surface area contributed by atoms with Crippen molar-refractivity contribution in [2.45, 2.75) is 38.2 Å². The fourth-order valence-corrected chi connectivity index (χ4v) is 3.33. The molecule has 0 bridgehead atoms. The summed E-state index contributed by atoms with van der Waals surface area (Å²) in [6, 6.07) is 4.85. The minimum Gasteiger partial charge on any atom is -0.438 e. The highest BCUT2D eigenvalue weighted by atomic mass is 19.4. The third kappa shape index (κ3) is 2.86. The fraction of sp³-hybridized carbons (Fsp3) is 0.500. The van der Waals surface area contributed by atoms with Crippen molar-refractivity contribution >= 4 is 11.9 Å². The van der Waals surface area contributed by atoms with Crippen LogP contribution in [0, 0.1) is 0 Å². The van der Waals surface area contributed by atoms with Crippen LogP contribution in [0.25, 0.3) is 0 Å². The molecule has 2 atom stereocenters. The highest BCUT2D eigenvalue weighted by molar-refractivity contribution is 5.98. The molecule has 1 N–H and O–H groups in total. The number of nitrogens with zero attached hydrogens (tertiary/aromatic N) is 1. The zero-order valence-electron chi connectivity index (χ0n) is 13.0. The summed E-state index contributed by atoms with van der Waals surface area (Å²) in [5.41, 5.74) is 2.31. The molecule has 2 heterocycles. The second-order valence-corrected chi connectivity index (χ2v) is 5.85. The lowest BCUT2D eigenvalue weighted by molar-refractivity contribution is -0.210. The van der Waals surface area contributed by atoms with Gasteiger partial charge in [-0.2, -0.15) is 13.2 Å². The number of piperazine rings is 1. The van der Waals surface area contributed by atoms with Crippen molar-refractivity contribution in [1.82, 2.24) is 10.2 Å². The maximum absolute atomic E-state index is 12.8. The minimum atomic E-state index is -5.06. The van der Waals surface area contributed by atoms with Crippen LogP contribution in [0.15, 0.2) is 18.2 Å². The summed E-state index contributed by atoms with van der Waals surface area (Å²) in [5.74, 6) is -2.46. The van der Waals surface area contributed by atoms with Crippen LogP contribution in [0.2, 0.25) is 0 Å². The number of esters is 1. The molecule has 2 aliphatic rings.